The third-order valence-corrected chi connectivity index (χ3v) is 3.61. The van der Waals surface area contributed by atoms with Crippen LogP contribution in [0.25, 0.3) is 0 Å². The minimum Gasteiger partial charge on any atom is -0.399 e. The lowest BCUT2D eigenvalue weighted by molar-refractivity contribution is 0.0685. The Bertz CT molecular complexity index is 453. The van der Waals surface area contributed by atoms with Crippen LogP contribution in [0.15, 0.2) is 41.8 Å². The first-order valence-electron chi connectivity index (χ1n) is 5.75. The fourth-order valence-electron chi connectivity index (χ4n) is 1.70. The Kier molecular flexibility index (Phi) is 4.18. The van der Waals surface area contributed by atoms with Gasteiger partial charge in [0, 0.05) is 17.0 Å². The Morgan fingerprint density at radius 3 is 2.88 bits per heavy atom. The molecule has 0 amide bonds. The SMILES string of the molecule is CC(OCCc1cccs1)c1cccc(N)c1. The third kappa shape index (κ3) is 3.58. The Balaban J connectivity index is 1.83. The molecule has 0 aliphatic rings. The minimum absolute atomic E-state index is 0.0958. The zero-order chi connectivity index (χ0) is 12.1. The monoisotopic (exact) mass is 247 g/mol. The number of nitrogen functional groups attached to an aromatic ring is 1. The lowest BCUT2D eigenvalue weighted by Crippen LogP contribution is -2.03. The van der Waals surface area contributed by atoms with Crippen molar-refractivity contribution in [3.05, 3.63) is 52.2 Å². The van der Waals surface area contributed by atoms with Gasteiger partial charge in [-0.15, -0.1) is 11.3 Å². The van der Waals surface area contributed by atoms with Crippen LogP contribution in [0.3, 0.4) is 0 Å². The van der Waals surface area contributed by atoms with E-state index in [4.69, 9.17) is 10.5 Å². The second kappa shape index (κ2) is 5.84. The first kappa shape index (κ1) is 12.1. The molecule has 1 aromatic heterocycles. The summed E-state index contributed by atoms with van der Waals surface area (Å²) < 4.78 is 5.81. The zero-order valence-corrected chi connectivity index (χ0v) is 10.7. The Morgan fingerprint density at radius 2 is 2.18 bits per heavy atom. The zero-order valence-electron chi connectivity index (χ0n) is 9.93. The average molecular weight is 247 g/mol. The molecule has 1 aromatic carbocycles. The van der Waals surface area contributed by atoms with Gasteiger partial charge in [0.2, 0.25) is 0 Å². The van der Waals surface area contributed by atoms with Gasteiger partial charge in [-0.2, -0.15) is 0 Å². The molecule has 90 valence electrons. The molecule has 0 aliphatic heterocycles. The van der Waals surface area contributed by atoms with Gasteiger partial charge >= 0.3 is 0 Å². The molecule has 1 atom stereocenters. The Hall–Kier alpha value is -1.32. The molecule has 0 radical (unpaired) electrons. The van der Waals surface area contributed by atoms with E-state index in [1.807, 2.05) is 24.3 Å². The van der Waals surface area contributed by atoms with Crippen LogP contribution in [0.2, 0.25) is 0 Å². The van der Waals surface area contributed by atoms with Gasteiger partial charge in [-0.05, 0) is 36.1 Å². The van der Waals surface area contributed by atoms with Crippen LogP contribution in [0.4, 0.5) is 5.69 Å². The van der Waals surface area contributed by atoms with E-state index in [1.165, 1.54) is 4.88 Å². The lowest BCUT2D eigenvalue weighted by atomic mass is 10.1. The third-order valence-electron chi connectivity index (χ3n) is 2.68. The van der Waals surface area contributed by atoms with Gasteiger partial charge in [-0.1, -0.05) is 18.2 Å². The topological polar surface area (TPSA) is 35.2 Å². The van der Waals surface area contributed by atoms with Crippen molar-refractivity contribution in [3.8, 4) is 0 Å². The minimum atomic E-state index is 0.0958. The molecule has 0 spiro atoms. The molecule has 2 aromatic rings. The van der Waals surface area contributed by atoms with Crippen molar-refractivity contribution in [1.82, 2.24) is 0 Å². The molecule has 17 heavy (non-hydrogen) atoms. The summed E-state index contributed by atoms with van der Waals surface area (Å²) in [5, 5.41) is 2.09. The summed E-state index contributed by atoms with van der Waals surface area (Å²) >= 11 is 1.77. The second-order valence-corrected chi connectivity index (χ2v) is 5.04. The lowest BCUT2D eigenvalue weighted by Gasteiger charge is -2.13. The number of ether oxygens (including phenoxy) is 1. The number of anilines is 1. The highest BCUT2D eigenvalue weighted by atomic mass is 32.1. The number of rotatable bonds is 5. The normalized spacial score (nSPS) is 12.5. The molecule has 1 unspecified atom stereocenters. The summed E-state index contributed by atoms with van der Waals surface area (Å²) in [6, 6.07) is 12.1. The highest BCUT2D eigenvalue weighted by molar-refractivity contribution is 7.09. The van der Waals surface area contributed by atoms with E-state index < -0.39 is 0 Å². The van der Waals surface area contributed by atoms with Crippen LogP contribution in [0, 0.1) is 0 Å². The van der Waals surface area contributed by atoms with Crippen molar-refractivity contribution in [2.24, 2.45) is 0 Å². The fourth-order valence-corrected chi connectivity index (χ4v) is 2.39. The maximum absolute atomic E-state index is 5.81. The standard InChI is InChI=1S/C14H17NOS/c1-11(12-4-2-5-13(15)10-12)16-8-7-14-6-3-9-17-14/h2-6,9-11H,7-8,15H2,1H3. The fraction of sp³-hybridized carbons (Fsp3) is 0.286. The predicted octanol–water partition coefficient (Wildman–Crippen LogP) is 3.65. The summed E-state index contributed by atoms with van der Waals surface area (Å²) in [5.41, 5.74) is 7.67. The number of benzene rings is 1. The number of thiophene rings is 1. The van der Waals surface area contributed by atoms with Crippen LogP contribution in [-0.4, -0.2) is 6.61 Å². The molecule has 3 heteroatoms. The smallest absolute Gasteiger partial charge is 0.0797 e. The molecule has 0 saturated heterocycles. The van der Waals surface area contributed by atoms with Gasteiger partial charge in [-0.3, -0.25) is 0 Å². The van der Waals surface area contributed by atoms with Gasteiger partial charge in [0.1, 0.15) is 0 Å². The molecule has 0 bridgehead atoms. The van der Waals surface area contributed by atoms with Crippen molar-refractivity contribution in [2.75, 3.05) is 12.3 Å². The maximum atomic E-state index is 5.81. The van der Waals surface area contributed by atoms with Crippen LogP contribution < -0.4 is 5.73 Å². The molecular weight excluding hydrogens is 230 g/mol. The molecular formula is C14H17NOS. The highest BCUT2D eigenvalue weighted by Crippen LogP contribution is 2.19. The van der Waals surface area contributed by atoms with E-state index in [2.05, 4.69) is 24.4 Å². The maximum Gasteiger partial charge on any atom is 0.0797 e. The predicted molar refractivity (Wildman–Crippen MR) is 73.2 cm³/mol. The molecule has 0 fully saturated rings. The summed E-state index contributed by atoms with van der Waals surface area (Å²) in [5.74, 6) is 0. The van der Waals surface area contributed by atoms with Crippen molar-refractivity contribution in [2.45, 2.75) is 19.4 Å². The van der Waals surface area contributed by atoms with E-state index in [9.17, 15) is 0 Å². The van der Waals surface area contributed by atoms with Crippen LogP contribution in [0.5, 0.6) is 0 Å². The molecule has 0 aliphatic carbocycles. The summed E-state index contributed by atoms with van der Waals surface area (Å²) in [7, 11) is 0. The van der Waals surface area contributed by atoms with Gasteiger partial charge in [-0.25, -0.2) is 0 Å². The number of hydrogen-bond donors (Lipinski definition) is 1. The van der Waals surface area contributed by atoms with E-state index in [-0.39, 0.29) is 6.10 Å². The first-order valence-corrected chi connectivity index (χ1v) is 6.63. The second-order valence-electron chi connectivity index (χ2n) is 4.01. The van der Waals surface area contributed by atoms with Gasteiger partial charge < -0.3 is 10.5 Å². The van der Waals surface area contributed by atoms with E-state index in [1.54, 1.807) is 11.3 Å². The Labute approximate surface area is 106 Å². The van der Waals surface area contributed by atoms with Crippen LogP contribution in [0.1, 0.15) is 23.5 Å². The number of hydrogen-bond acceptors (Lipinski definition) is 3. The molecule has 0 saturated carbocycles. The number of nitrogens with two attached hydrogens (primary N) is 1. The van der Waals surface area contributed by atoms with E-state index in [0.29, 0.717) is 0 Å². The largest absolute Gasteiger partial charge is 0.399 e. The van der Waals surface area contributed by atoms with Crippen molar-refractivity contribution < 1.29 is 4.74 Å². The van der Waals surface area contributed by atoms with Gasteiger partial charge in [0.25, 0.3) is 0 Å². The quantitative estimate of drug-likeness (QED) is 0.818. The van der Waals surface area contributed by atoms with Gasteiger partial charge in [0.05, 0.1) is 12.7 Å². The Morgan fingerprint density at radius 1 is 1.29 bits per heavy atom. The molecule has 2 rings (SSSR count). The first-order chi connectivity index (χ1) is 8.25. The van der Waals surface area contributed by atoms with Crippen molar-refractivity contribution in [3.63, 3.8) is 0 Å². The molecule has 2 nitrogen and oxygen atoms in total. The summed E-state index contributed by atoms with van der Waals surface area (Å²) in [6.45, 7) is 2.81. The molecule has 2 N–H and O–H groups in total. The van der Waals surface area contributed by atoms with Crippen molar-refractivity contribution >= 4 is 17.0 Å². The van der Waals surface area contributed by atoms with E-state index >= 15 is 0 Å². The van der Waals surface area contributed by atoms with E-state index in [0.717, 1.165) is 24.3 Å². The average Bonchev–Trinajstić information content (AvgIpc) is 2.82. The van der Waals surface area contributed by atoms with Crippen molar-refractivity contribution in [1.29, 1.82) is 0 Å². The summed E-state index contributed by atoms with van der Waals surface area (Å²) in [6.07, 6.45) is 1.07. The summed E-state index contributed by atoms with van der Waals surface area (Å²) in [4.78, 5) is 1.37. The highest BCUT2D eigenvalue weighted by Gasteiger charge is 2.05. The van der Waals surface area contributed by atoms with Crippen LogP contribution in [-0.2, 0) is 11.2 Å². The van der Waals surface area contributed by atoms with Crippen LogP contribution >= 0.6 is 11.3 Å². The van der Waals surface area contributed by atoms with Gasteiger partial charge in [0.15, 0.2) is 0 Å². The molecule has 1 heterocycles.